The molecule has 1 aromatic rings. The summed E-state index contributed by atoms with van der Waals surface area (Å²) in [4.78, 5) is 0. The molecule has 7 heteroatoms. The number of rotatable bonds is 4. The molecule has 1 aromatic carbocycles. The molecule has 0 bridgehead atoms. The van der Waals surface area contributed by atoms with E-state index < -0.39 is 12.6 Å². The first-order valence-corrected chi connectivity index (χ1v) is 5.67. The Labute approximate surface area is 107 Å². The lowest BCUT2D eigenvalue weighted by Gasteiger charge is -2.09. The van der Waals surface area contributed by atoms with Crippen molar-refractivity contribution in [1.82, 2.24) is 0 Å². The normalized spacial score (nSPS) is 16.3. The second-order valence-corrected chi connectivity index (χ2v) is 4.06. The van der Waals surface area contributed by atoms with Gasteiger partial charge < -0.3 is 14.7 Å². The molecule has 4 nitrogen and oxygen atoms in total. The number of fused-ring (bicyclic) bond motifs is 1. The van der Waals surface area contributed by atoms with Crippen molar-refractivity contribution in [3.05, 3.63) is 23.8 Å². The van der Waals surface area contributed by atoms with Crippen molar-refractivity contribution in [2.75, 3.05) is 13.2 Å². The molecule has 0 radical (unpaired) electrons. The molecule has 0 fully saturated rings. The monoisotopic (exact) mass is 275 g/mol. The smallest absolute Gasteiger partial charge is 0.389 e. The molecule has 19 heavy (non-hydrogen) atoms. The second-order valence-electron chi connectivity index (χ2n) is 4.06. The highest BCUT2D eigenvalue weighted by Crippen LogP contribution is 2.30. The number of alkyl halides is 3. The minimum absolute atomic E-state index is 0.0146. The van der Waals surface area contributed by atoms with E-state index in [1.807, 2.05) is 0 Å². The van der Waals surface area contributed by atoms with E-state index in [0.29, 0.717) is 22.8 Å². The number of nitrogens with zero attached hydrogens (tertiary/aromatic N) is 1. The summed E-state index contributed by atoms with van der Waals surface area (Å²) in [5.41, 5.74) is 1.07. The summed E-state index contributed by atoms with van der Waals surface area (Å²) < 4.78 is 46.3. The van der Waals surface area contributed by atoms with Gasteiger partial charge >= 0.3 is 6.18 Å². The van der Waals surface area contributed by atoms with Crippen LogP contribution in [-0.2, 0) is 0 Å². The van der Waals surface area contributed by atoms with Gasteiger partial charge in [0.05, 0.1) is 6.61 Å². The molecule has 0 saturated carbocycles. The van der Waals surface area contributed by atoms with Crippen molar-refractivity contribution in [2.45, 2.75) is 19.0 Å². The molecule has 1 aliphatic rings. The highest BCUT2D eigenvalue weighted by atomic mass is 19.4. The van der Waals surface area contributed by atoms with Crippen molar-refractivity contribution in [1.29, 1.82) is 0 Å². The largest absolute Gasteiger partial charge is 0.493 e. The van der Waals surface area contributed by atoms with E-state index >= 15 is 0 Å². The highest BCUT2D eigenvalue weighted by Gasteiger charge is 2.26. The average molecular weight is 275 g/mol. The number of hydrogen-bond acceptors (Lipinski definition) is 4. The Balaban J connectivity index is 1.90. The average Bonchev–Trinajstić information content (AvgIpc) is 2.75. The van der Waals surface area contributed by atoms with Gasteiger partial charge in [-0.2, -0.15) is 13.2 Å². The summed E-state index contributed by atoms with van der Waals surface area (Å²) in [5, 5.41) is 11.8. The van der Waals surface area contributed by atoms with Crippen LogP contribution in [0.5, 0.6) is 11.5 Å². The molecule has 2 rings (SSSR count). The fourth-order valence-electron chi connectivity index (χ4n) is 1.72. The van der Waals surface area contributed by atoms with Crippen LogP contribution in [0.15, 0.2) is 23.4 Å². The number of oxime groups is 1. The number of halogens is 3. The summed E-state index contributed by atoms with van der Waals surface area (Å²) in [6.07, 6.45) is -5.11. The number of benzene rings is 1. The van der Waals surface area contributed by atoms with Gasteiger partial charge in [-0.25, -0.2) is 0 Å². The van der Waals surface area contributed by atoms with E-state index in [1.54, 1.807) is 18.2 Å². The van der Waals surface area contributed by atoms with Crippen LogP contribution in [0.2, 0.25) is 0 Å². The molecule has 0 amide bonds. The fraction of sp³-hybridized carbons (Fsp3) is 0.417. The van der Waals surface area contributed by atoms with Gasteiger partial charge in [-0.15, -0.1) is 0 Å². The van der Waals surface area contributed by atoms with E-state index in [0.717, 1.165) is 0 Å². The number of ether oxygens (including phenoxy) is 2. The molecule has 0 aliphatic carbocycles. The summed E-state index contributed by atoms with van der Waals surface area (Å²) in [5.74, 6) is 0.932. The van der Waals surface area contributed by atoms with Crippen molar-refractivity contribution < 1.29 is 27.9 Å². The first-order chi connectivity index (χ1) is 8.99. The Kier molecular flexibility index (Phi) is 3.82. The van der Waals surface area contributed by atoms with Gasteiger partial charge in [0, 0.05) is 18.1 Å². The zero-order valence-electron chi connectivity index (χ0n) is 9.91. The summed E-state index contributed by atoms with van der Waals surface area (Å²) >= 11 is 0. The van der Waals surface area contributed by atoms with Crippen molar-refractivity contribution in [2.24, 2.45) is 5.16 Å². The summed E-state index contributed by atoms with van der Waals surface area (Å²) in [6, 6.07) is 4.82. The van der Waals surface area contributed by atoms with Gasteiger partial charge in [0.25, 0.3) is 0 Å². The fourth-order valence-corrected chi connectivity index (χ4v) is 1.72. The maximum absolute atomic E-state index is 11.9. The molecule has 0 aromatic heterocycles. The van der Waals surface area contributed by atoms with E-state index in [9.17, 15) is 13.2 Å². The standard InChI is InChI=1S/C12H12F3NO3/c13-12(14,15)4-1-5-18-8-2-3-9-10(16-17)7-19-11(9)6-8/h2-3,6,17H,1,4-5,7H2/b16-10-. The van der Waals surface area contributed by atoms with Crippen LogP contribution in [0.1, 0.15) is 18.4 Å². The van der Waals surface area contributed by atoms with Crippen molar-refractivity contribution >= 4 is 5.71 Å². The van der Waals surface area contributed by atoms with Crippen LogP contribution in [0.4, 0.5) is 13.2 Å². The Morgan fingerprint density at radius 1 is 1.37 bits per heavy atom. The highest BCUT2D eigenvalue weighted by molar-refractivity contribution is 6.05. The van der Waals surface area contributed by atoms with Crippen LogP contribution < -0.4 is 9.47 Å². The molecule has 0 spiro atoms. The third-order valence-corrected chi connectivity index (χ3v) is 2.62. The molecule has 1 heterocycles. The SMILES string of the molecule is O/N=C1/COc2cc(OCCCC(F)(F)F)ccc21. The predicted octanol–water partition coefficient (Wildman–Crippen LogP) is 2.98. The van der Waals surface area contributed by atoms with E-state index in [1.165, 1.54) is 0 Å². The molecule has 1 N–H and O–H groups in total. The summed E-state index contributed by atoms with van der Waals surface area (Å²) in [6.45, 7) is 0.155. The Morgan fingerprint density at radius 3 is 2.84 bits per heavy atom. The van der Waals surface area contributed by atoms with E-state index in [-0.39, 0.29) is 19.6 Å². The lowest BCUT2D eigenvalue weighted by atomic mass is 10.1. The lowest BCUT2D eigenvalue weighted by Crippen LogP contribution is -2.09. The predicted molar refractivity (Wildman–Crippen MR) is 61.0 cm³/mol. The van der Waals surface area contributed by atoms with Gasteiger partial charge in [-0.05, 0) is 18.6 Å². The minimum atomic E-state index is -4.16. The molecule has 0 unspecified atom stereocenters. The first-order valence-electron chi connectivity index (χ1n) is 5.67. The summed E-state index contributed by atoms with van der Waals surface area (Å²) in [7, 11) is 0. The van der Waals surface area contributed by atoms with E-state index in [4.69, 9.17) is 14.7 Å². The molecular weight excluding hydrogens is 263 g/mol. The quantitative estimate of drug-likeness (QED) is 0.522. The minimum Gasteiger partial charge on any atom is -0.493 e. The maximum Gasteiger partial charge on any atom is 0.389 e. The van der Waals surface area contributed by atoms with Crippen molar-refractivity contribution in [3.63, 3.8) is 0 Å². The number of hydrogen-bond donors (Lipinski definition) is 1. The van der Waals surface area contributed by atoms with Gasteiger partial charge in [0.15, 0.2) is 0 Å². The van der Waals surface area contributed by atoms with Gasteiger partial charge in [0.1, 0.15) is 23.8 Å². The van der Waals surface area contributed by atoms with Crippen LogP contribution in [0.25, 0.3) is 0 Å². The van der Waals surface area contributed by atoms with Gasteiger partial charge in [-0.1, -0.05) is 5.16 Å². The van der Waals surface area contributed by atoms with Crippen molar-refractivity contribution in [3.8, 4) is 11.5 Å². The van der Waals surface area contributed by atoms with Gasteiger partial charge in [-0.3, -0.25) is 0 Å². The molecule has 0 atom stereocenters. The van der Waals surface area contributed by atoms with Crippen LogP contribution in [0, 0.1) is 0 Å². The lowest BCUT2D eigenvalue weighted by molar-refractivity contribution is -0.136. The first kappa shape index (κ1) is 13.5. The van der Waals surface area contributed by atoms with Crippen LogP contribution in [-0.4, -0.2) is 30.3 Å². The molecule has 0 saturated heterocycles. The third-order valence-electron chi connectivity index (χ3n) is 2.62. The van der Waals surface area contributed by atoms with Crippen LogP contribution >= 0.6 is 0 Å². The van der Waals surface area contributed by atoms with Crippen LogP contribution in [0.3, 0.4) is 0 Å². The maximum atomic E-state index is 11.9. The second kappa shape index (κ2) is 5.38. The topological polar surface area (TPSA) is 51.1 Å². The van der Waals surface area contributed by atoms with E-state index in [2.05, 4.69) is 5.16 Å². The Bertz CT molecular complexity index is 486. The molecular formula is C12H12F3NO3. The van der Waals surface area contributed by atoms with Gasteiger partial charge in [0.2, 0.25) is 0 Å². The molecule has 1 aliphatic heterocycles. The zero-order chi connectivity index (χ0) is 13.9. The molecule has 104 valence electrons. The zero-order valence-corrected chi connectivity index (χ0v) is 9.91. The third kappa shape index (κ3) is 3.52. The Hall–Kier alpha value is -1.92. The Morgan fingerprint density at radius 2 is 2.16 bits per heavy atom.